The Labute approximate surface area is 208 Å². The van der Waals surface area contributed by atoms with Crippen LogP contribution >= 0.6 is 0 Å². The van der Waals surface area contributed by atoms with Crippen molar-refractivity contribution in [3.05, 3.63) is 52.3 Å². The molecule has 190 valence electrons. The molecule has 36 heavy (non-hydrogen) atoms. The Morgan fingerprint density at radius 2 is 1.92 bits per heavy atom. The maximum absolute atomic E-state index is 12.4. The van der Waals surface area contributed by atoms with Crippen LogP contribution in [0.5, 0.6) is 11.5 Å². The fraction of sp³-hybridized carbons (Fsp3) is 0.320. The molecule has 0 amide bonds. The third kappa shape index (κ3) is 5.93. The van der Waals surface area contributed by atoms with E-state index in [1.807, 2.05) is 62.3 Å². The molecule has 0 bridgehead atoms. The largest absolute Gasteiger partial charge is 0.493 e. The maximum atomic E-state index is 12.4. The molecule has 11 heteroatoms. The number of anilines is 2. The summed E-state index contributed by atoms with van der Waals surface area (Å²) in [5.41, 5.74) is 11.4. The van der Waals surface area contributed by atoms with Crippen LogP contribution in [0.15, 0.2) is 41.2 Å². The highest BCUT2D eigenvalue weighted by Gasteiger charge is 2.19. The van der Waals surface area contributed by atoms with E-state index in [0.717, 1.165) is 23.2 Å². The minimum atomic E-state index is -0.853. The normalized spacial score (nSPS) is 12.1. The smallest absolute Gasteiger partial charge is 0.303 e. The number of rotatable bonds is 11. The zero-order valence-corrected chi connectivity index (χ0v) is 20.5. The van der Waals surface area contributed by atoms with Gasteiger partial charge in [-0.15, -0.1) is 5.53 Å². The average molecular weight is 495 g/mol. The number of hydrogen-bond acceptors (Lipinski definition) is 9. The average Bonchev–Trinajstić information content (AvgIpc) is 3.32. The lowest BCUT2D eigenvalue weighted by atomic mass is 9.98. The predicted molar refractivity (Wildman–Crippen MR) is 137 cm³/mol. The number of hydrazine groups is 2. The van der Waals surface area contributed by atoms with Crippen molar-refractivity contribution in [3.8, 4) is 34.0 Å². The highest BCUT2D eigenvalue weighted by Crippen LogP contribution is 2.35. The number of carbonyl (C=O) groups is 1. The van der Waals surface area contributed by atoms with Crippen LogP contribution < -0.4 is 31.4 Å². The van der Waals surface area contributed by atoms with E-state index in [9.17, 15) is 9.59 Å². The summed E-state index contributed by atoms with van der Waals surface area (Å²) < 4.78 is 11.9. The highest BCUT2D eigenvalue weighted by molar-refractivity contribution is 5.76. The third-order valence-electron chi connectivity index (χ3n) is 5.56. The number of aromatic amines is 1. The van der Waals surface area contributed by atoms with Gasteiger partial charge in [-0.3, -0.25) is 20.4 Å². The van der Waals surface area contributed by atoms with E-state index in [1.165, 1.54) is 0 Å². The van der Waals surface area contributed by atoms with Crippen LogP contribution in [0.4, 0.5) is 11.5 Å². The van der Waals surface area contributed by atoms with E-state index in [-0.39, 0.29) is 12.0 Å². The molecule has 0 atom stereocenters. The Balaban J connectivity index is 1.71. The van der Waals surface area contributed by atoms with E-state index >= 15 is 0 Å². The van der Waals surface area contributed by atoms with Crippen LogP contribution in [0.3, 0.4) is 0 Å². The molecule has 0 aliphatic carbocycles. The summed E-state index contributed by atoms with van der Waals surface area (Å²) in [6.45, 7) is 3.56. The van der Waals surface area contributed by atoms with E-state index in [4.69, 9.17) is 14.6 Å². The molecule has 0 unspecified atom stereocenters. The summed E-state index contributed by atoms with van der Waals surface area (Å²) in [7, 11) is 3.95. The highest BCUT2D eigenvalue weighted by atomic mass is 16.5. The fourth-order valence-electron chi connectivity index (χ4n) is 3.79. The molecule has 1 aliphatic heterocycles. The Morgan fingerprint density at radius 1 is 1.08 bits per heavy atom. The quantitative estimate of drug-likeness (QED) is 0.270. The molecule has 5 N–H and O–H groups in total. The van der Waals surface area contributed by atoms with Crippen LogP contribution in [0.2, 0.25) is 0 Å². The number of aromatic nitrogens is 2. The lowest BCUT2D eigenvalue weighted by molar-refractivity contribution is -0.136. The molecule has 0 saturated heterocycles. The van der Waals surface area contributed by atoms with Gasteiger partial charge >= 0.3 is 5.97 Å². The van der Waals surface area contributed by atoms with Gasteiger partial charge in [0.15, 0.2) is 11.5 Å². The van der Waals surface area contributed by atoms with Gasteiger partial charge in [-0.1, -0.05) is 12.1 Å². The van der Waals surface area contributed by atoms with Crippen molar-refractivity contribution in [3.63, 3.8) is 0 Å². The van der Waals surface area contributed by atoms with Gasteiger partial charge in [0.1, 0.15) is 23.9 Å². The van der Waals surface area contributed by atoms with Crippen molar-refractivity contribution in [1.29, 1.82) is 0 Å². The zero-order valence-electron chi connectivity index (χ0n) is 20.5. The molecule has 1 aliphatic rings. The van der Waals surface area contributed by atoms with Crippen molar-refractivity contribution >= 4 is 17.5 Å². The molecular formula is C25H30N6O5. The van der Waals surface area contributed by atoms with Crippen molar-refractivity contribution in [1.82, 2.24) is 20.4 Å². The van der Waals surface area contributed by atoms with Crippen molar-refractivity contribution in [2.75, 3.05) is 44.7 Å². The molecule has 3 aromatic rings. The maximum Gasteiger partial charge on any atom is 0.303 e. The van der Waals surface area contributed by atoms with Gasteiger partial charge < -0.3 is 24.5 Å². The number of hydrogen-bond donors (Lipinski definition) is 5. The van der Waals surface area contributed by atoms with E-state index in [1.54, 1.807) is 0 Å². The summed E-state index contributed by atoms with van der Waals surface area (Å²) in [5, 5.41) is 9.15. The number of H-pyrrole nitrogens is 1. The van der Waals surface area contributed by atoms with Gasteiger partial charge in [0.05, 0.1) is 12.2 Å². The monoisotopic (exact) mass is 494 g/mol. The van der Waals surface area contributed by atoms with Crippen LogP contribution in [0.1, 0.15) is 18.9 Å². The van der Waals surface area contributed by atoms with Gasteiger partial charge in [0.25, 0.3) is 5.56 Å². The van der Waals surface area contributed by atoms with Crippen LogP contribution in [-0.2, 0) is 11.2 Å². The third-order valence-corrected chi connectivity index (χ3v) is 5.56. The molecule has 2 heterocycles. The molecule has 4 rings (SSSR count). The Bertz CT molecular complexity index is 1310. The number of aryl methyl sites for hydroxylation is 1. The molecule has 1 aromatic heterocycles. The SMILES string of the molecule is CCOc1cc(-c2cc(CCC(=O)O)cc(OCCN(C)C)c2)ccc1-c1nc2c(c(=O)[nH]1)NNN2. The standard InChI is InChI=1S/C25H30N6O5/c1-4-35-20-14-16(6-7-19(20)23-26-24-22(25(34)27-23)28-30-29-24)17-11-15(5-8-21(32)33)12-18(13-17)36-10-9-31(2)3/h6-7,11-14,28,30H,4-5,8-10H2,1-3H3,(H,32,33)(H2,26,27,29,34). The molecule has 0 saturated carbocycles. The summed E-state index contributed by atoms with van der Waals surface area (Å²) in [6, 6.07) is 11.4. The lowest BCUT2D eigenvalue weighted by Crippen LogP contribution is -2.21. The topological polar surface area (TPSA) is 141 Å². The van der Waals surface area contributed by atoms with Crippen molar-refractivity contribution in [2.24, 2.45) is 0 Å². The molecule has 0 radical (unpaired) electrons. The predicted octanol–water partition coefficient (Wildman–Crippen LogP) is 2.72. The van der Waals surface area contributed by atoms with Crippen molar-refractivity contribution < 1.29 is 19.4 Å². The second kappa shape index (κ2) is 11.1. The van der Waals surface area contributed by atoms with Crippen LogP contribution in [0.25, 0.3) is 22.5 Å². The number of likely N-dealkylation sites (N-methyl/N-ethyl adjacent to an activating group) is 1. The minimum Gasteiger partial charge on any atom is -0.493 e. The van der Waals surface area contributed by atoms with Gasteiger partial charge in [-0.05, 0) is 68.4 Å². The molecule has 11 nitrogen and oxygen atoms in total. The zero-order chi connectivity index (χ0) is 25.7. The second-order valence-corrected chi connectivity index (χ2v) is 8.57. The first-order chi connectivity index (χ1) is 17.3. The Kier molecular flexibility index (Phi) is 7.71. The molecule has 0 spiro atoms. The summed E-state index contributed by atoms with van der Waals surface area (Å²) in [5.74, 6) is 1.14. The van der Waals surface area contributed by atoms with Gasteiger partial charge in [-0.2, -0.15) is 0 Å². The number of benzene rings is 2. The summed E-state index contributed by atoms with van der Waals surface area (Å²) in [4.78, 5) is 32.9. The van der Waals surface area contributed by atoms with E-state index in [2.05, 4.69) is 26.4 Å². The number of carboxylic acids is 1. The molecule has 2 aromatic carbocycles. The van der Waals surface area contributed by atoms with Crippen molar-refractivity contribution in [2.45, 2.75) is 19.8 Å². The van der Waals surface area contributed by atoms with E-state index in [0.29, 0.717) is 54.0 Å². The first-order valence-electron chi connectivity index (χ1n) is 11.7. The summed E-state index contributed by atoms with van der Waals surface area (Å²) >= 11 is 0. The number of aliphatic carboxylic acids is 1. The Morgan fingerprint density at radius 3 is 2.67 bits per heavy atom. The first-order valence-corrected chi connectivity index (χ1v) is 11.7. The first kappa shape index (κ1) is 25.0. The number of fused-ring (bicyclic) bond motifs is 1. The summed E-state index contributed by atoms with van der Waals surface area (Å²) in [6.07, 6.45) is 0.414. The lowest BCUT2D eigenvalue weighted by Gasteiger charge is -2.15. The number of nitrogens with zero attached hydrogens (tertiary/aromatic N) is 2. The molecular weight excluding hydrogens is 464 g/mol. The van der Waals surface area contributed by atoms with Gasteiger partial charge in [0.2, 0.25) is 0 Å². The fourth-order valence-corrected chi connectivity index (χ4v) is 3.79. The van der Waals surface area contributed by atoms with Crippen LogP contribution in [-0.4, -0.2) is 59.8 Å². The van der Waals surface area contributed by atoms with Crippen LogP contribution in [0, 0.1) is 0 Å². The number of carboxylic acid groups (broad SMARTS) is 1. The second-order valence-electron chi connectivity index (χ2n) is 8.57. The number of nitrogens with one attached hydrogen (secondary N) is 4. The number of ether oxygens (including phenoxy) is 2. The van der Waals surface area contributed by atoms with Gasteiger partial charge in [0, 0.05) is 13.0 Å². The Hall–Kier alpha value is -4.09. The minimum absolute atomic E-state index is 0.0266. The van der Waals surface area contributed by atoms with Gasteiger partial charge in [-0.25, -0.2) is 4.98 Å². The van der Waals surface area contributed by atoms with E-state index < -0.39 is 5.97 Å². The molecule has 0 fully saturated rings.